The van der Waals surface area contributed by atoms with Crippen molar-refractivity contribution in [1.82, 2.24) is 10.1 Å². The van der Waals surface area contributed by atoms with Crippen molar-refractivity contribution >= 4 is 38.9 Å². The lowest BCUT2D eigenvalue weighted by atomic mass is 10.2. The van der Waals surface area contributed by atoms with Gasteiger partial charge in [-0.1, -0.05) is 5.16 Å². The Kier molecular flexibility index (Phi) is 4.73. The molecule has 0 radical (unpaired) electrons. The lowest BCUT2D eigenvalue weighted by Gasteiger charge is -2.03. The molecule has 0 bridgehead atoms. The Hall–Kier alpha value is -2.19. The first kappa shape index (κ1) is 15.7. The molecule has 6 nitrogen and oxygen atoms in total. The number of hydrogen-bond donors (Lipinski definition) is 2. The molecule has 0 spiro atoms. The van der Waals surface area contributed by atoms with Crippen LogP contribution in [-0.2, 0) is 11.2 Å². The molecule has 0 aliphatic rings. The Morgan fingerprint density at radius 1 is 1.35 bits per heavy atom. The van der Waals surface area contributed by atoms with Crippen LogP contribution in [0.25, 0.3) is 10.7 Å². The maximum atomic E-state index is 11.9. The number of anilines is 1. The highest BCUT2D eigenvalue weighted by atomic mass is 79.9. The van der Waals surface area contributed by atoms with Crippen LogP contribution in [0, 0.1) is 0 Å². The van der Waals surface area contributed by atoms with Crippen molar-refractivity contribution in [2.75, 3.05) is 5.32 Å². The number of nitrogens with one attached hydrogen (secondary N) is 1. The number of halogens is 1. The number of phenols is 1. The number of carbonyl (C=O) groups is 1. The van der Waals surface area contributed by atoms with Crippen molar-refractivity contribution in [1.29, 1.82) is 0 Å². The zero-order valence-electron chi connectivity index (χ0n) is 11.8. The highest BCUT2D eigenvalue weighted by molar-refractivity contribution is 9.10. The van der Waals surface area contributed by atoms with Gasteiger partial charge in [0.2, 0.25) is 17.6 Å². The van der Waals surface area contributed by atoms with E-state index in [2.05, 4.69) is 31.4 Å². The average Bonchev–Trinajstić information content (AvgIpc) is 3.16. The predicted octanol–water partition coefficient (Wildman–Crippen LogP) is 3.84. The first-order valence-corrected chi connectivity index (χ1v) is 8.43. The van der Waals surface area contributed by atoms with E-state index >= 15 is 0 Å². The second-order valence-corrected chi connectivity index (χ2v) is 6.56. The molecular formula is C15H12BrN3O3S. The minimum atomic E-state index is -0.158. The van der Waals surface area contributed by atoms with E-state index in [1.54, 1.807) is 12.1 Å². The van der Waals surface area contributed by atoms with Gasteiger partial charge in [-0.25, -0.2) is 0 Å². The molecule has 2 N–H and O–H groups in total. The quantitative estimate of drug-likeness (QED) is 0.642. The first-order valence-electron chi connectivity index (χ1n) is 6.76. The van der Waals surface area contributed by atoms with Gasteiger partial charge in [0.25, 0.3) is 0 Å². The molecule has 0 saturated heterocycles. The number of aromatic nitrogens is 2. The van der Waals surface area contributed by atoms with Crippen molar-refractivity contribution in [2.24, 2.45) is 0 Å². The number of nitrogens with zero attached hydrogens (tertiary/aromatic N) is 2. The standard InChI is InChI=1S/C15H12BrN3O3S/c16-9-7-12(23-8-9)15-18-14(22-19-15)6-5-13(21)17-10-1-3-11(20)4-2-10/h1-4,7-8,20H,5-6H2,(H,17,21). The summed E-state index contributed by atoms with van der Waals surface area (Å²) in [6, 6.07) is 8.20. The van der Waals surface area contributed by atoms with Gasteiger partial charge in [-0.2, -0.15) is 4.98 Å². The summed E-state index contributed by atoms with van der Waals surface area (Å²) in [5, 5.41) is 17.8. The normalized spacial score (nSPS) is 10.7. The smallest absolute Gasteiger partial charge is 0.227 e. The summed E-state index contributed by atoms with van der Waals surface area (Å²) in [7, 11) is 0. The summed E-state index contributed by atoms with van der Waals surface area (Å²) in [6.45, 7) is 0. The van der Waals surface area contributed by atoms with Gasteiger partial charge >= 0.3 is 0 Å². The van der Waals surface area contributed by atoms with Crippen LogP contribution >= 0.6 is 27.3 Å². The molecule has 0 atom stereocenters. The second-order valence-electron chi connectivity index (χ2n) is 4.74. The van der Waals surface area contributed by atoms with Gasteiger partial charge in [0.1, 0.15) is 5.75 Å². The molecule has 118 valence electrons. The van der Waals surface area contributed by atoms with Crippen molar-refractivity contribution < 1.29 is 14.4 Å². The Labute approximate surface area is 144 Å². The maximum absolute atomic E-state index is 11.9. The van der Waals surface area contributed by atoms with Crippen molar-refractivity contribution in [3.8, 4) is 16.5 Å². The van der Waals surface area contributed by atoms with Crippen LogP contribution in [-0.4, -0.2) is 21.2 Å². The average molecular weight is 394 g/mol. The number of amides is 1. The molecule has 3 rings (SSSR count). The zero-order chi connectivity index (χ0) is 16.2. The Bertz CT molecular complexity index is 813. The van der Waals surface area contributed by atoms with Gasteiger partial charge in [-0.05, 0) is 46.3 Å². The van der Waals surface area contributed by atoms with E-state index in [0.717, 1.165) is 9.35 Å². The highest BCUT2D eigenvalue weighted by Gasteiger charge is 2.12. The van der Waals surface area contributed by atoms with E-state index in [0.29, 0.717) is 23.8 Å². The largest absolute Gasteiger partial charge is 0.508 e. The molecule has 0 fully saturated rings. The molecule has 8 heteroatoms. The number of benzene rings is 1. The van der Waals surface area contributed by atoms with E-state index < -0.39 is 0 Å². The number of hydrogen-bond acceptors (Lipinski definition) is 6. The minimum Gasteiger partial charge on any atom is -0.508 e. The summed E-state index contributed by atoms with van der Waals surface area (Å²) in [5.74, 6) is 0.941. The fourth-order valence-corrected chi connectivity index (χ4v) is 3.23. The molecule has 1 aromatic carbocycles. The second kappa shape index (κ2) is 6.93. The number of aryl methyl sites for hydroxylation is 1. The topological polar surface area (TPSA) is 88.2 Å². The molecule has 0 aliphatic carbocycles. The fraction of sp³-hybridized carbons (Fsp3) is 0.133. The Balaban J connectivity index is 1.55. The van der Waals surface area contributed by atoms with E-state index in [4.69, 9.17) is 4.52 Å². The van der Waals surface area contributed by atoms with Gasteiger partial charge in [0.05, 0.1) is 4.88 Å². The van der Waals surface area contributed by atoms with Crippen LogP contribution in [0.4, 0.5) is 5.69 Å². The van der Waals surface area contributed by atoms with Crippen molar-refractivity contribution in [3.05, 3.63) is 46.1 Å². The molecule has 0 aliphatic heterocycles. The van der Waals surface area contributed by atoms with E-state index in [1.807, 2.05) is 11.4 Å². The molecular weight excluding hydrogens is 382 g/mol. The highest BCUT2D eigenvalue weighted by Crippen LogP contribution is 2.27. The molecule has 2 heterocycles. The molecule has 1 amide bonds. The molecule has 23 heavy (non-hydrogen) atoms. The van der Waals surface area contributed by atoms with Gasteiger partial charge in [0.15, 0.2) is 0 Å². The van der Waals surface area contributed by atoms with Crippen molar-refractivity contribution in [2.45, 2.75) is 12.8 Å². The van der Waals surface area contributed by atoms with Crippen LogP contribution < -0.4 is 5.32 Å². The molecule has 0 unspecified atom stereocenters. The molecule has 0 saturated carbocycles. The number of aromatic hydroxyl groups is 1. The minimum absolute atomic E-state index is 0.154. The molecule has 2 aromatic heterocycles. The van der Waals surface area contributed by atoms with Crippen molar-refractivity contribution in [3.63, 3.8) is 0 Å². The third-order valence-corrected chi connectivity index (χ3v) is 4.66. The van der Waals surface area contributed by atoms with Gasteiger partial charge in [0, 0.05) is 28.4 Å². The zero-order valence-corrected chi connectivity index (χ0v) is 14.2. The monoisotopic (exact) mass is 393 g/mol. The lowest BCUT2D eigenvalue weighted by Crippen LogP contribution is -2.12. The number of thiophene rings is 1. The van der Waals surface area contributed by atoms with Crippen LogP contribution in [0.15, 0.2) is 44.7 Å². The number of phenolic OH excluding ortho intramolecular Hbond substituents is 1. The maximum Gasteiger partial charge on any atom is 0.227 e. The Morgan fingerprint density at radius 2 is 2.13 bits per heavy atom. The van der Waals surface area contributed by atoms with Gasteiger partial charge in [-0.15, -0.1) is 11.3 Å². The van der Waals surface area contributed by atoms with Crippen LogP contribution in [0.2, 0.25) is 0 Å². The third-order valence-electron chi connectivity index (χ3n) is 2.97. The lowest BCUT2D eigenvalue weighted by molar-refractivity contribution is -0.116. The summed E-state index contributed by atoms with van der Waals surface area (Å²) in [6.07, 6.45) is 0.597. The summed E-state index contributed by atoms with van der Waals surface area (Å²) in [5.41, 5.74) is 0.627. The number of carbonyl (C=O) groups excluding carboxylic acids is 1. The summed E-state index contributed by atoms with van der Waals surface area (Å²) in [4.78, 5) is 17.1. The summed E-state index contributed by atoms with van der Waals surface area (Å²) >= 11 is 4.89. The third kappa shape index (κ3) is 4.17. The fourth-order valence-electron chi connectivity index (χ4n) is 1.88. The first-order chi connectivity index (χ1) is 11.1. The van der Waals surface area contributed by atoms with Crippen LogP contribution in [0.5, 0.6) is 5.75 Å². The van der Waals surface area contributed by atoms with E-state index in [9.17, 15) is 9.90 Å². The van der Waals surface area contributed by atoms with Gasteiger partial charge in [-0.3, -0.25) is 4.79 Å². The number of rotatable bonds is 5. The van der Waals surface area contributed by atoms with E-state index in [-0.39, 0.29) is 18.1 Å². The van der Waals surface area contributed by atoms with Gasteiger partial charge < -0.3 is 14.9 Å². The van der Waals surface area contributed by atoms with Crippen LogP contribution in [0.3, 0.4) is 0 Å². The predicted molar refractivity (Wildman–Crippen MR) is 90.4 cm³/mol. The SMILES string of the molecule is O=C(CCc1nc(-c2cc(Br)cs2)no1)Nc1ccc(O)cc1. The molecule has 3 aromatic rings. The Morgan fingerprint density at radius 3 is 2.83 bits per heavy atom. The van der Waals surface area contributed by atoms with E-state index in [1.165, 1.54) is 23.5 Å². The summed E-state index contributed by atoms with van der Waals surface area (Å²) < 4.78 is 6.13. The van der Waals surface area contributed by atoms with Crippen LogP contribution in [0.1, 0.15) is 12.3 Å².